The summed E-state index contributed by atoms with van der Waals surface area (Å²) in [6.45, 7) is 5.78. The minimum Gasteiger partial charge on any atom is -0.391 e. The van der Waals surface area contributed by atoms with Crippen LogP contribution in [0.25, 0.3) is 17.0 Å². The molecular weight excluding hydrogens is 280 g/mol. The topological polar surface area (TPSA) is 77.6 Å². The van der Waals surface area contributed by atoms with E-state index in [2.05, 4.69) is 32.0 Å². The summed E-state index contributed by atoms with van der Waals surface area (Å²) in [4.78, 5) is 9.80. The average molecular weight is 292 g/mol. The van der Waals surface area contributed by atoms with Crippen molar-refractivity contribution in [2.75, 3.05) is 6.61 Å². The molecule has 3 aromatic rings. The summed E-state index contributed by atoms with van der Waals surface area (Å²) in [5, 5.41) is 16.8. The maximum absolute atomic E-state index is 5.26. The Hall–Kier alpha value is -3.09. The van der Waals surface area contributed by atoms with Crippen LogP contribution in [0.3, 0.4) is 0 Å². The van der Waals surface area contributed by atoms with Crippen LogP contribution in [0.5, 0.6) is 0 Å². The summed E-state index contributed by atoms with van der Waals surface area (Å²) in [6.07, 6.45) is 1.64. The molecule has 7 nitrogen and oxygen atoms in total. The number of hydrogen-bond donors (Lipinski definition) is 0. The zero-order valence-electron chi connectivity index (χ0n) is 11.9. The van der Waals surface area contributed by atoms with Gasteiger partial charge in [-0.25, -0.2) is 4.98 Å². The van der Waals surface area contributed by atoms with Crippen LogP contribution >= 0.6 is 0 Å². The van der Waals surface area contributed by atoms with Crippen LogP contribution in [0.2, 0.25) is 0 Å². The van der Waals surface area contributed by atoms with E-state index in [1.165, 1.54) is 0 Å². The molecule has 4 rings (SSSR count). The molecular formula is C15H12N6O. The number of rotatable bonds is 3. The number of fused-ring (bicyclic) bond motifs is 4. The van der Waals surface area contributed by atoms with E-state index in [-0.39, 0.29) is 0 Å². The van der Waals surface area contributed by atoms with E-state index in [1.54, 1.807) is 10.6 Å². The van der Waals surface area contributed by atoms with Gasteiger partial charge in [0, 0.05) is 11.1 Å². The van der Waals surface area contributed by atoms with Crippen molar-refractivity contribution in [3.05, 3.63) is 54.0 Å². The fourth-order valence-electron chi connectivity index (χ4n) is 2.45. The van der Waals surface area contributed by atoms with Gasteiger partial charge in [-0.3, -0.25) is 0 Å². The first-order valence-corrected chi connectivity index (χ1v) is 6.80. The van der Waals surface area contributed by atoms with Crippen molar-refractivity contribution in [1.82, 2.24) is 24.8 Å². The minimum absolute atomic E-state index is 0.334. The van der Waals surface area contributed by atoms with Crippen molar-refractivity contribution in [1.29, 1.82) is 0 Å². The van der Waals surface area contributed by atoms with Crippen LogP contribution in [0.4, 0.5) is 0 Å². The molecule has 0 aliphatic heterocycles. The van der Waals surface area contributed by atoms with Gasteiger partial charge in [-0.05, 0) is 6.92 Å². The average Bonchev–Trinajstić information content (AvgIpc) is 3.05. The van der Waals surface area contributed by atoms with Crippen molar-refractivity contribution in [2.45, 2.75) is 6.92 Å². The van der Waals surface area contributed by atoms with Gasteiger partial charge in [0.25, 0.3) is 5.78 Å². The SMILES string of the molecule is C=CCON=C1c2ccccc2-c2nn3c(C)nnc3nc21. The molecule has 0 N–H and O–H groups in total. The van der Waals surface area contributed by atoms with Gasteiger partial charge in [-0.2, -0.15) is 9.61 Å². The van der Waals surface area contributed by atoms with E-state index in [4.69, 9.17) is 4.84 Å². The third-order valence-electron chi connectivity index (χ3n) is 3.43. The lowest BCUT2D eigenvalue weighted by molar-refractivity contribution is 0.175. The van der Waals surface area contributed by atoms with Crippen LogP contribution in [-0.4, -0.2) is 37.1 Å². The lowest BCUT2D eigenvalue weighted by atomic mass is 10.1. The molecule has 0 saturated heterocycles. The van der Waals surface area contributed by atoms with Gasteiger partial charge >= 0.3 is 0 Å². The van der Waals surface area contributed by atoms with E-state index in [1.807, 2.05) is 31.2 Å². The molecule has 0 spiro atoms. The summed E-state index contributed by atoms with van der Waals surface area (Å²) in [6, 6.07) is 7.87. The molecule has 2 aromatic heterocycles. The van der Waals surface area contributed by atoms with Crippen LogP contribution < -0.4 is 0 Å². The first-order chi connectivity index (χ1) is 10.8. The second-order valence-corrected chi connectivity index (χ2v) is 4.84. The highest BCUT2D eigenvalue weighted by atomic mass is 16.6. The largest absolute Gasteiger partial charge is 0.391 e. The molecule has 0 saturated carbocycles. The quantitative estimate of drug-likeness (QED) is 0.327. The van der Waals surface area contributed by atoms with E-state index in [9.17, 15) is 0 Å². The molecule has 0 unspecified atom stereocenters. The lowest BCUT2D eigenvalue weighted by Gasteiger charge is -2.00. The summed E-state index contributed by atoms with van der Waals surface area (Å²) < 4.78 is 1.63. The van der Waals surface area contributed by atoms with Gasteiger partial charge in [-0.1, -0.05) is 42.1 Å². The van der Waals surface area contributed by atoms with Crippen molar-refractivity contribution in [2.24, 2.45) is 5.16 Å². The van der Waals surface area contributed by atoms with Crippen molar-refractivity contribution < 1.29 is 4.84 Å². The molecule has 2 heterocycles. The Kier molecular flexibility index (Phi) is 2.72. The molecule has 1 aliphatic carbocycles. The Balaban J connectivity index is 1.98. The molecule has 0 amide bonds. The third kappa shape index (κ3) is 1.72. The maximum Gasteiger partial charge on any atom is 0.272 e. The smallest absolute Gasteiger partial charge is 0.272 e. The summed E-state index contributed by atoms with van der Waals surface area (Å²) in [7, 11) is 0. The fraction of sp³-hybridized carbons (Fsp3) is 0.133. The molecule has 108 valence electrons. The van der Waals surface area contributed by atoms with E-state index >= 15 is 0 Å². The Labute approximate surface area is 126 Å². The lowest BCUT2D eigenvalue weighted by Crippen LogP contribution is -2.06. The Bertz CT molecular complexity index is 927. The first kappa shape index (κ1) is 12.6. The van der Waals surface area contributed by atoms with E-state index < -0.39 is 0 Å². The highest BCUT2D eigenvalue weighted by Crippen LogP contribution is 2.34. The molecule has 0 atom stereocenters. The molecule has 1 aliphatic rings. The van der Waals surface area contributed by atoms with Crippen LogP contribution in [0, 0.1) is 6.92 Å². The Morgan fingerprint density at radius 2 is 2.05 bits per heavy atom. The number of benzene rings is 1. The number of hydrogen-bond acceptors (Lipinski definition) is 6. The molecule has 0 fully saturated rings. The van der Waals surface area contributed by atoms with Gasteiger partial charge < -0.3 is 4.84 Å². The molecule has 1 aromatic carbocycles. The van der Waals surface area contributed by atoms with Crippen molar-refractivity contribution in [3.8, 4) is 11.3 Å². The molecule has 0 radical (unpaired) electrons. The second-order valence-electron chi connectivity index (χ2n) is 4.84. The van der Waals surface area contributed by atoms with Gasteiger partial charge in [0.1, 0.15) is 23.7 Å². The Morgan fingerprint density at radius 1 is 1.23 bits per heavy atom. The molecule has 22 heavy (non-hydrogen) atoms. The summed E-state index contributed by atoms with van der Waals surface area (Å²) in [5.41, 5.74) is 3.99. The highest BCUT2D eigenvalue weighted by Gasteiger charge is 2.30. The van der Waals surface area contributed by atoms with Gasteiger partial charge in [0.05, 0.1) is 0 Å². The van der Waals surface area contributed by atoms with Crippen LogP contribution in [-0.2, 0) is 4.84 Å². The summed E-state index contributed by atoms with van der Waals surface area (Å²) in [5.74, 6) is 1.14. The van der Waals surface area contributed by atoms with Gasteiger partial charge in [0.2, 0.25) is 0 Å². The van der Waals surface area contributed by atoms with Crippen molar-refractivity contribution >= 4 is 11.5 Å². The van der Waals surface area contributed by atoms with Gasteiger partial charge in [-0.15, -0.1) is 10.2 Å². The number of oxime groups is 1. The second kappa shape index (κ2) is 4.73. The van der Waals surface area contributed by atoms with Crippen LogP contribution in [0.15, 0.2) is 42.1 Å². The first-order valence-electron chi connectivity index (χ1n) is 6.80. The number of aromatic nitrogens is 5. The number of aryl methyl sites for hydroxylation is 1. The summed E-state index contributed by atoms with van der Waals surface area (Å²) >= 11 is 0. The molecule has 7 heteroatoms. The van der Waals surface area contributed by atoms with E-state index in [0.717, 1.165) is 16.8 Å². The fourth-order valence-corrected chi connectivity index (χ4v) is 2.45. The minimum atomic E-state index is 0.334. The maximum atomic E-state index is 5.26. The van der Waals surface area contributed by atoms with Crippen LogP contribution in [0.1, 0.15) is 17.1 Å². The highest BCUT2D eigenvalue weighted by molar-refractivity contribution is 6.22. The predicted molar refractivity (Wildman–Crippen MR) is 80.5 cm³/mol. The van der Waals surface area contributed by atoms with Crippen molar-refractivity contribution in [3.63, 3.8) is 0 Å². The van der Waals surface area contributed by atoms with E-state index in [0.29, 0.717) is 29.6 Å². The predicted octanol–water partition coefficient (Wildman–Crippen LogP) is 1.76. The monoisotopic (exact) mass is 292 g/mol. The zero-order valence-corrected chi connectivity index (χ0v) is 11.9. The Morgan fingerprint density at radius 3 is 2.86 bits per heavy atom. The molecule has 0 bridgehead atoms. The number of nitrogens with zero attached hydrogens (tertiary/aromatic N) is 6. The van der Waals surface area contributed by atoms with Gasteiger partial charge in [0.15, 0.2) is 5.82 Å². The third-order valence-corrected chi connectivity index (χ3v) is 3.43. The zero-order chi connectivity index (χ0) is 15.1. The normalized spacial score (nSPS) is 14.1. The standard InChI is InChI=1S/C15H12N6O/c1-3-8-22-20-13-11-7-5-4-6-10(11)12-14(13)16-15-18-17-9(2)21(15)19-12/h3-7H,1,8H2,2H3.